The molecule has 1 N–H and O–H groups in total. The van der Waals surface area contributed by atoms with Crippen LogP contribution in [0.15, 0.2) is 182 Å². The number of nitrogens with zero attached hydrogens (tertiary/aromatic N) is 1. The summed E-state index contributed by atoms with van der Waals surface area (Å²) in [7, 11) is 0. The third-order valence-corrected chi connectivity index (χ3v) is 11.2. The molecule has 0 spiro atoms. The highest BCUT2D eigenvalue weighted by Gasteiger charge is 2.22. The minimum atomic E-state index is 0.801. The number of rotatable bonds is 4. The normalized spacial score (nSPS) is 12.5. The monoisotopic (exact) mass is 674 g/mol. The zero-order valence-corrected chi connectivity index (χ0v) is 29.1. The van der Waals surface area contributed by atoms with Crippen LogP contribution in [-0.2, 0) is 6.54 Å². The van der Waals surface area contributed by atoms with Crippen LogP contribution in [0.2, 0.25) is 0 Å². The van der Waals surface area contributed by atoms with E-state index in [1.54, 1.807) is 0 Å². The van der Waals surface area contributed by atoms with Crippen LogP contribution in [-0.4, -0.2) is 4.57 Å². The van der Waals surface area contributed by atoms with Gasteiger partial charge in [-0.15, -0.1) is 0 Å². The second kappa shape index (κ2) is 11.8. The smallest absolute Gasteiger partial charge is 0.0538 e. The van der Waals surface area contributed by atoms with E-state index in [2.05, 4.69) is 198 Å². The minimum Gasteiger partial charge on any atom is -0.387 e. The first-order valence-electron chi connectivity index (χ1n) is 18.4. The molecule has 0 amide bonds. The fourth-order valence-corrected chi connectivity index (χ4v) is 8.90. The second-order valence-electron chi connectivity index (χ2n) is 14.1. The summed E-state index contributed by atoms with van der Waals surface area (Å²) in [4.78, 5) is 0. The highest BCUT2D eigenvalue weighted by molar-refractivity contribution is 6.25. The van der Waals surface area contributed by atoms with Gasteiger partial charge >= 0.3 is 0 Å². The zero-order valence-electron chi connectivity index (χ0n) is 29.1. The Morgan fingerprint density at radius 3 is 1.62 bits per heavy atom. The summed E-state index contributed by atoms with van der Waals surface area (Å²) in [5, 5.41) is 14.8. The predicted octanol–water partition coefficient (Wildman–Crippen LogP) is 13.3. The summed E-state index contributed by atoms with van der Waals surface area (Å²) in [6, 6.07) is 64.9. The third kappa shape index (κ3) is 4.59. The molecule has 1 aliphatic heterocycles. The average molecular weight is 675 g/mol. The maximum Gasteiger partial charge on any atom is 0.0538 e. The molecule has 0 radical (unpaired) electrons. The van der Waals surface area contributed by atoms with Crippen LogP contribution in [0, 0.1) is 0 Å². The number of hydrogen-bond donors (Lipinski definition) is 1. The molecule has 0 saturated heterocycles. The third-order valence-electron chi connectivity index (χ3n) is 11.2. The first-order chi connectivity index (χ1) is 26.3. The van der Waals surface area contributed by atoms with E-state index < -0.39 is 0 Å². The van der Waals surface area contributed by atoms with Crippen LogP contribution in [0.3, 0.4) is 0 Å². The topological polar surface area (TPSA) is 17.0 Å². The maximum atomic E-state index is 3.48. The van der Waals surface area contributed by atoms with Crippen LogP contribution in [0.5, 0.6) is 0 Å². The molecule has 248 valence electrons. The van der Waals surface area contributed by atoms with Gasteiger partial charge in [0.2, 0.25) is 0 Å². The van der Waals surface area contributed by atoms with Crippen LogP contribution in [0.4, 0.5) is 0 Å². The van der Waals surface area contributed by atoms with Gasteiger partial charge in [0.15, 0.2) is 0 Å². The summed E-state index contributed by atoms with van der Waals surface area (Å²) >= 11 is 0. The molecule has 2 heterocycles. The maximum absolute atomic E-state index is 3.48. The van der Waals surface area contributed by atoms with Gasteiger partial charge in [-0.1, -0.05) is 146 Å². The summed E-state index contributed by atoms with van der Waals surface area (Å²) in [6.45, 7) is 0.801. The van der Waals surface area contributed by atoms with Crippen molar-refractivity contribution in [3.05, 3.63) is 193 Å². The van der Waals surface area contributed by atoms with Gasteiger partial charge in [0.25, 0.3) is 0 Å². The van der Waals surface area contributed by atoms with E-state index in [-0.39, 0.29) is 0 Å². The largest absolute Gasteiger partial charge is 0.387 e. The van der Waals surface area contributed by atoms with Gasteiger partial charge in [-0.3, -0.25) is 0 Å². The van der Waals surface area contributed by atoms with Crippen molar-refractivity contribution in [3.8, 4) is 39.1 Å². The van der Waals surface area contributed by atoms with Crippen molar-refractivity contribution in [1.29, 1.82) is 0 Å². The summed E-state index contributed by atoms with van der Waals surface area (Å²) in [5.74, 6) is 0. The Morgan fingerprint density at radius 2 is 0.943 bits per heavy atom. The van der Waals surface area contributed by atoms with Gasteiger partial charge in [0.1, 0.15) is 0 Å². The van der Waals surface area contributed by atoms with Crippen molar-refractivity contribution < 1.29 is 0 Å². The SMILES string of the molecule is C1=Cc2c(c3cc(-c4ccc5c(-c6cccc7ccccc67)c6ccccc6c(-c6cccc7ccccc67)c5c4)ccc3n2-c2ccccc2)CN1. The van der Waals surface area contributed by atoms with E-state index in [9.17, 15) is 0 Å². The van der Waals surface area contributed by atoms with E-state index in [0.717, 1.165) is 6.54 Å². The van der Waals surface area contributed by atoms with Crippen LogP contribution in [0.1, 0.15) is 11.3 Å². The van der Waals surface area contributed by atoms with Crippen molar-refractivity contribution in [2.24, 2.45) is 0 Å². The van der Waals surface area contributed by atoms with Gasteiger partial charge in [-0.05, 0) is 119 Å². The number of benzene rings is 9. The fourth-order valence-electron chi connectivity index (χ4n) is 8.90. The van der Waals surface area contributed by atoms with Crippen LogP contribution in [0.25, 0.3) is 99.1 Å². The summed E-state index contributed by atoms with van der Waals surface area (Å²) in [5.41, 5.74) is 12.5. The molecule has 0 bridgehead atoms. The Bertz CT molecular complexity index is 3100. The quantitative estimate of drug-likeness (QED) is 0.184. The molecule has 0 fully saturated rings. The summed E-state index contributed by atoms with van der Waals surface area (Å²) in [6.07, 6.45) is 4.27. The molecule has 0 saturated carbocycles. The Kier molecular flexibility index (Phi) is 6.65. The van der Waals surface area contributed by atoms with E-state index in [4.69, 9.17) is 0 Å². The zero-order chi connectivity index (χ0) is 34.9. The fraction of sp³-hybridized carbons (Fsp3) is 0.0196. The summed E-state index contributed by atoms with van der Waals surface area (Å²) < 4.78 is 2.40. The standard InChI is InChI=1S/C51H34N2/c1-2-16-37(17-3-1)53-48-27-25-36(30-45(48)47-32-52-29-28-49(47)53)35-24-26-44-46(31-35)51(41-23-11-15-34-13-5-7-19-39(34)41)43-21-9-8-20-42(43)50(44)40-22-10-14-33-12-4-6-18-38(33)40/h1-31,52H,32H2. The minimum absolute atomic E-state index is 0.801. The number of fused-ring (bicyclic) bond motifs is 7. The van der Waals surface area contributed by atoms with Crippen molar-refractivity contribution in [2.45, 2.75) is 6.54 Å². The molecule has 1 aliphatic rings. The molecule has 0 unspecified atom stereocenters. The molecule has 11 rings (SSSR count). The lowest BCUT2D eigenvalue weighted by Gasteiger charge is -2.20. The Hall–Kier alpha value is -6.90. The van der Waals surface area contributed by atoms with Crippen LogP contribution < -0.4 is 5.32 Å². The number of para-hydroxylation sites is 1. The number of nitrogens with one attached hydrogen (secondary N) is 1. The molecule has 2 heteroatoms. The first kappa shape index (κ1) is 29.8. The molecular weight excluding hydrogens is 641 g/mol. The second-order valence-corrected chi connectivity index (χ2v) is 14.1. The van der Waals surface area contributed by atoms with Gasteiger partial charge in [0, 0.05) is 23.2 Å². The Morgan fingerprint density at radius 1 is 0.415 bits per heavy atom. The Labute approximate surface area is 307 Å². The van der Waals surface area contributed by atoms with Gasteiger partial charge in [0.05, 0.1) is 11.2 Å². The van der Waals surface area contributed by atoms with Gasteiger partial charge in [-0.2, -0.15) is 0 Å². The van der Waals surface area contributed by atoms with Crippen molar-refractivity contribution in [2.75, 3.05) is 0 Å². The van der Waals surface area contributed by atoms with Crippen LogP contribution >= 0.6 is 0 Å². The number of hydrogen-bond acceptors (Lipinski definition) is 1. The molecule has 9 aromatic carbocycles. The molecule has 53 heavy (non-hydrogen) atoms. The molecule has 2 nitrogen and oxygen atoms in total. The van der Waals surface area contributed by atoms with Crippen molar-refractivity contribution >= 4 is 60.1 Å². The van der Waals surface area contributed by atoms with E-state index >= 15 is 0 Å². The number of aromatic nitrogens is 1. The highest BCUT2D eigenvalue weighted by atomic mass is 15.0. The molecule has 0 atom stereocenters. The Balaban J connectivity index is 1.23. The highest BCUT2D eigenvalue weighted by Crippen LogP contribution is 2.48. The molecule has 1 aromatic heterocycles. The van der Waals surface area contributed by atoms with E-state index in [1.165, 1.54) is 104 Å². The van der Waals surface area contributed by atoms with E-state index in [0.29, 0.717) is 0 Å². The van der Waals surface area contributed by atoms with E-state index in [1.807, 2.05) is 0 Å². The van der Waals surface area contributed by atoms with Crippen molar-refractivity contribution in [1.82, 2.24) is 9.88 Å². The van der Waals surface area contributed by atoms with Gasteiger partial charge < -0.3 is 9.88 Å². The lowest BCUT2D eigenvalue weighted by atomic mass is 9.83. The molecular formula is C51H34N2. The lowest BCUT2D eigenvalue weighted by molar-refractivity contribution is 0.855. The predicted molar refractivity (Wildman–Crippen MR) is 225 cm³/mol. The molecule has 10 aromatic rings. The average Bonchev–Trinajstić information content (AvgIpc) is 3.56. The van der Waals surface area contributed by atoms with Gasteiger partial charge in [-0.25, -0.2) is 0 Å². The lowest BCUT2D eigenvalue weighted by Crippen LogP contribution is -2.10. The van der Waals surface area contributed by atoms with Crippen molar-refractivity contribution in [3.63, 3.8) is 0 Å². The molecule has 0 aliphatic carbocycles. The first-order valence-corrected chi connectivity index (χ1v) is 18.4.